The quantitative estimate of drug-likeness (QED) is 0.264. The largest absolute Gasteiger partial charge is 0.497 e. The topological polar surface area (TPSA) is 51.9 Å². The Morgan fingerprint density at radius 1 is 1.35 bits per heavy atom. The van der Waals surface area contributed by atoms with E-state index in [4.69, 9.17) is 16.0 Å². The molecule has 0 atom stereocenters. The van der Waals surface area contributed by atoms with E-state index in [2.05, 4.69) is 23.3 Å². The molecular weight excluding hydrogens is 292 g/mol. The van der Waals surface area contributed by atoms with Crippen LogP contribution in [-0.4, -0.2) is 26.2 Å². The van der Waals surface area contributed by atoms with Crippen LogP contribution < -0.4 is 10.1 Å². The standard InChI is InChI=1S/C18H20N2O3/c1-13(2)14(3)23-11-10-20-18(21)17(19-4)12-15-6-8-16(22-5)9-7-15/h6-9,12H,1,3,10-11H2,2,5H3,(H,20,21)/b17-12-. The van der Waals surface area contributed by atoms with Crippen molar-refractivity contribution in [1.82, 2.24) is 5.32 Å². The third-order valence-corrected chi connectivity index (χ3v) is 2.91. The molecule has 1 rings (SSSR count). The van der Waals surface area contributed by atoms with Gasteiger partial charge in [0.2, 0.25) is 5.91 Å². The molecule has 1 N–H and O–H groups in total. The minimum Gasteiger partial charge on any atom is -0.497 e. The number of carbonyl (C=O) groups excluding carboxylic acids is 1. The van der Waals surface area contributed by atoms with Gasteiger partial charge in [-0.15, -0.1) is 0 Å². The maximum absolute atomic E-state index is 12.0. The van der Waals surface area contributed by atoms with Crippen molar-refractivity contribution < 1.29 is 14.3 Å². The highest BCUT2D eigenvalue weighted by atomic mass is 16.5. The van der Waals surface area contributed by atoms with Gasteiger partial charge in [0.15, 0.2) is 0 Å². The molecule has 0 spiro atoms. The van der Waals surface area contributed by atoms with Gasteiger partial charge in [0.1, 0.15) is 18.1 Å². The van der Waals surface area contributed by atoms with Gasteiger partial charge in [-0.25, -0.2) is 4.85 Å². The van der Waals surface area contributed by atoms with E-state index < -0.39 is 5.91 Å². The number of nitrogens with one attached hydrogen (secondary N) is 1. The first-order valence-electron chi connectivity index (χ1n) is 6.97. The van der Waals surface area contributed by atoms with Gasteiger partial charge in [-0.3, -0.25) is 4.79 Å². The van der Waals surface area contributed by atoms with E-state index >= 15 is 0 Å². The number of carbonyl (C=O) groups is 1. The molecule has 5 heteroatoms. The van der Waals surface area contributed by atoms with Crippen molar-refractivity contribution in [3.05, 3.63) is 71.4 Å². The fourth-order valence-electron chi connectivity index (χ4n) is 1.56. The Morgan fingerprint density at radius 3 is 2.52 bits per heavy atom. The Morgan fingerprint density at radius 2 is 2.00 bits per heavy atom. The molecule has 1 aromatic rings. The molecule has 0 bridgehead atoms. The maximum Gasteiger partial charge on any atom is 0.250 e. The van der Waals surface area contributed by atoms with E-state index in [0.717, 1.165) is 11.1 Å². The van der Waals surface area contributed by atoms with Crippen LogP contribution in [0, 0.1) is 6.57 Å². The summed E-state index contributed by atoms with van der Waals surface area (Å²) >= 11 is 0. The van der Waals surface area contributed by atoms with E-state index in [1.54, 1.807) is 38.3 Å². The van der Waals surface area contributed by atoms with Crippen molar-refractivity contribution in [3.63, 3.8) is 0 Å². The summed E-state index contributed by atoms with van der Waals surface area (Å²) in [5.74, 6) is 0.754. The number of rotatable bonds is 8. The van der Waals surface area contributed by atoms with Crippen LogP contribution in [0.25, 0.3) is 10.9 Å². The molecule has 23 heavy (non-hydrogen) atoms. The van der Waals surface area contributed by atoms with Crippen LogP contribution in [0.2, 0.25) is 0 Å². The average molecular weight is 312 g/mol. The Labute approximate surface area is 136 Å². The molecule has 120 valence electrons. The molecule has 0 aromatic heterocycles. The Kier molecular flexibility index (Phi) is 7.15. The van der Waals surface area contributed by atoms with Gasteiger partial charge in [0.25, 0.3) is 5.70 Å². The summed E-state index contributed by atoms with van der Waals surface area (Å²) in [6.07, 6.45) is 1.52. The van der Waals surface area contributed by atoms with E-state index in [-0.39, 0.29) is 18.8 Å². The number of allylic oxidation sites excluding steroid dienone is 1. The second kappa shape index (κ2) is 9.11. The molecule has 0 aliphatic rings. The maximum atomic E-state index is 12.0. The van der Waals surface area contributed by atoms with Gasteiger partial charge in [-0.2, -0.15) is 0 Å². The summed E-state index contributed by atoms with van der Waals surface area (Å²) in [7, 11) is 1.58. The van der Waals surface area contributed by atoms with Crippen molar-refractivity contribution in [2.45, 2.75) is 6.92 Å². The van der Waals surface area contributed by atoms with Crippen molar-refractivity contribution in [3.8, 4) is 5.75 Å². The molecule has 0 saturated carbocycles. The first-order valence-corrected chi connectivity index (χ1v) is 6.97. The summed E-state index contributed by atoms with van der Waals surface area (Å²) in [5.41, 5.74) is 1.49. The number of methoxy groups -OCH3 is 1. The van der Waals surface area contributed by atoms with Crippen LogP contribution in [-0.2, 0) is 9.53 Å². The lowest BCUT2D eigenvalue weighted by atomic mass is 10.2. The van der Waals surface area contributed by atoms with Crippen LogP contribution in [0.1, 0.15) is 12.5 Å². The van der Waals surface area contributed by atoms with E-state index in [1.165, 1.54) is 6.08 Å². The van der Waals surface area contributed by atoms with Gasteiger partial charge in [0.05, 0.1) is 20.2 Å². The summed E-state index contributed by atoms with van der Waals surface area (Å²) in [5, 5.41) is 2.63. The smallest absolute Gasteiger partial charge is 0.250 e. The lowest BCUT2D eigenvalue weighted by molar-refractivity contribution is -0.117. The fraction of sp³-hybridized carbons (Fsp3) is 0.222. The van der Waals surface area contributed by atoms with Crippen molar-refractivity contribution >= 4 is 12.0 Å². The highest BCUT2D eigenvalue weighted by molar-refractivity contribution is 5.99. The lowest BCUT2D eigenvalue weighted by Crippen LogP contribution is -2.27. The number of hydrogen-bond donors (Lipinski definition) is 1. The molecule has 1 amide bonds. The number of hydrogen-bond acceptors (Lipinski definition) is 3. The number of amides is 1. The zero-order valence-corrected chi connectivity index (χ0v) is 13.4. The van der Waals surface area contributed by atoms with Crippen LogP contribution in [0.15, 0.2) is 54.5 Å². The van der Waals surface area contributed by atoms with E-state index in [0.29, 0.717) is 11.5 Å². The third kappa shape index (κ3) is 6.10. The summed E-state index contributed by atoms with van der Waals surface area (Å²) in [6, 6.07) is 7.08. The van der Waals surface area contributed by atoms with Crippen LogP contribution in [0.5, 0.6) is 5.75 Å². The minimum atomic E-state index is -0.444. The Bertz CT molecular complexity index is 652. The second-order valence-electron chi connectivity index (χ2n) is 4.72. The van der Waals surface area contributed by atoms with Crippen LogP contribution in [0.3, 0.4) is 0 Å². The minimum absolute atomic E-state index is 0.00824. The molecule has 0 saturated heterocycles. The molecule has 5 nitrogen and oxygen atoms in total. The molecule has 0 unspecified atom stereocenters. The summed E-state index contributed by atoms with van der Waals surface area (Å²) < 4.78 is 10.4. The zero-order chi connectivity index (χ0) is 17.2. The van der Waals surface area contributed by atoms with Gasteiger partial charge in [-0.05, 0) is 36.3 Å². The number of benzene rings is 1. The number of ether oxygens (including phenoxy) is 2. The van der Waals surface area contributed by atoms with Crippen LogP contribution >= 0.6 is 0 Å². The van der Waals surface area contributed by atoms with Gasteiger partial charge in [-0.1, -0.05) is 25.3 Å². The predicted molar refractivity (Wildman–Crippen MR) is 90.5 cm³/mol. The molecule has 1 aromatic carbocycles. The van der Waals surface area contributed by atoms with Crippen LogP contribution in [0.4, 0.5) is 0 Å². The Hall–Kier alpha value is -3.00. The first-order chi connectivity index (χ1) is 11.0. The zero-order valence-electron chi connectivity index (χ0n) is 13.4. The normalized spacial score (nSPS) is 10.4. The number of nitrogens with zero attached hydrogens (tertiary/aromatic N) is 1. The molecule has 0 fully saturated rings. The first kappa shape index (κ1) is 18.1. The molecule has 0 aliphatic carbocycles. The van der Waals surface area contributed by atoms with Crippen molar-refractivity contribution in [2.75, 3.05) is 20.3 Å². The average Bonchev–Trinajstić information content (AvgIpc) is 2.56. The van der Waals surface area contributed by atoms with Gasteiger partial charge in [0, 0.05) is 0 Å². The molecule has 0 aliphatic heterocycles. The molecular formula is C18H20N2O3. The van der Waals surface area contributed by atoms with E-state index in [1.807, 2.05) is 0 Å². The monoisotopic (exact) mass is 312 g/mol. The summed E-state index contributed by atoms with van der Waals surface area (Å²) in [6.45, 7) is 16.9. The van der Waals surface area contributed by atoms with Crippen molar-refractivity contribution in [1.29, 1.82) is 0 Å². The third-order valence-electron chi connectivity index (χ3n) is 2.91. The highest BCUT2D eigenvalue weighted by Crippen LogP contribution is 2.14. The highest BCUT2D eigenvalue weighted by Gasteiger charge is 2.09. The Balaban J connectivity index is 2.57. The SMILES string of the molecule is [C-]#[N+]/C(=C\c1ccc(OC)cc1)C(=O)NCCOC(=C)C(=C)C. The van der Waals surface area contributed by atoms with Gasteiger partial charge < -0.3 is 14.8 Å². The van der Waals surface area contributed by atoms with Crippen molar-refractivity contribution in [2.24, 2.45) is 0 Å². The molecule has 0 radical (unpaired) electrons. The summed E-state index contributed by atoms with van der Waals surface area (Å²) in [4.78, 5) is 15.2. The fourth-order valence-corrected chi connectivity index (χ4v) is 1.56. The second-order valence-corrected chi connectivity index (χ2v) is 4.72. The molecule has 0 heterocycles. The van der Waals surface area contributed by atoms with E-state index in [9.17, 15) is 4.79 Å². The lowest BCUT2D eigenvalue weighted by Gasteiger charge is -2.09. The van der Waals surface area contributed by atoms with Gasteiger partial charge >= 0.3 is 0 Å². The predicted octanol–water partition coefficient (Wildman–Crippen LogP) is 3.18.